The highest BCUT2D eigenvalue weighted by Crippen LogP contribution is 2.24. The molecule has 0 heterocycles. The first-order valence-electron chi connectivity index (χ1n) is 3.60. The van der Waals surface area contributed by atoms with E-state index in [4.69, 9.17) is 4.55 Å². The molecular weight excluding hydrogens is 228 g/mol. The van der Waals surface area contributed by atoms with E-state index >= 15 is 0 Å². The monoisotopic (exact) mass is 238 g/mol. The van der Waals surface area contributed by atoms with Crippen LogP contribution in [-0.4, -0.2) is 18.1 Å². The van der Waals surface area contributed by atoms with Crippen molar-refractivity contribution in [3.05, 3.63) is 23.3 Å². The molecule has 4 nitrogen and oxygen atoms in total. The summed E-state index contributed by atoms with van der Waals surface area (Å²) in [5, 5.41) is 9.32. The molecule has 0 aliphatic heterocycles. The first kappa shape index (κ1) is 13.2. The number of phenolic OH excluding ortho intramolecular Hbond substituents is 1. The Balaban J connectivity index is 0.00000169. The molecular formula is C8H11ClO4S. The van der Waals surface area contributed by atoms with Gasteiger partial charge < -0.3 is 5.11 Å². The van der Waals surface area contributed by atoms with Crippen molar-refractivity contribution in [1.29, 1.82) is 0 Å². The Hall–Kier alpha value is -0.780. The molecule has 0 aromatic heterocycles. The van der Waals surface area contributed by atoms with Gasteiger partial charge in [-0.2, -0.15) is 8.42 Å². The molecule has 0 radical (unpaired) electrons. The van der Waals surface area contributed by atoms with E-state index in [0.29, 0.717) is 11.1 Å². The van der Waals surface area contributed by atoms with Crippen LogP contribution in [0.4, 0.5) is 0 Å². The maximum Gasteiger partial charge on any atom is 0.294 e. The lowest BCUT2D eigenvalue weighted by atomic mass is 10.1. The van der Waals surface area contributed by atoms with E-state index in [0.717, 1.165) is 0 Å². The van der Waals surface area contributed by atoms with E-state index in [-0.39, 0.29) is 23.1 Å². The first-order chi connectivity index (χ1) is 5.82. The zero-order valence-electron chi connectivity index (χ0n) is 7.68. The molecule has 1 aromatic carbocycles. The summed E-state index contributed by atoms with van der Waals surface area (Å²) in [6, 6.07) is 2.44. The van der Waals surface area contributed by atoms with Gasteiger partial charge in [-0.1, -0.05) is 0 Å². The molecule has 0 fully saturated rings. The number of halogens is 1. The lowest BCUT2D eigenvalue weighted by Gasteiger charge is -2.04. The number of benzene rings is 1. The van der Waals surface area contributed by atoms with Crippen LogP contribution in [0, 0.1) is 13.8 Å². The fourth-order valence-electron chi connectivity index (χ4n) is 1.07. The fourth-order valence-corrected chi connectivity index (χ4v) is 1.72. The molecule has 80 valence electrons. The summed E-state index contributed by atoms with van der Waals surface area (Å²) >= 11 is 0. The van der Waals surface area contributed by atoms with Crippen molar-refractivity contribution in [2.24, 2.45) is 0 Å². The second-order valence-corrected chi connectivity index (χ2v) is 4.30. The van der Waals surface area contributed by atoms with Gasteiger partial charge in [0.05, 0.1) is 4.90 Å². The molecule has 0 atom stereocenters. The summed E-state index contributed by atoms with van der Waals surface area (Å²) in [4.78, 5) is -0.194. The van der Waals surface area contributed by atoms with Gasteiger partial charge in [0.15, 0.2) is 0 Å². The largest absolute Gasteiger partial charge is 0.507 e. The van der Waals surface area contributed by atoms with Crippen LogP contribution in [0.2, 0.25) is 0 Å². The lowest BCUT2D eigenvalue weighted by molar-refractivity contribution is 0.464. The smallest absolute Gasteiger partial charge is 0.294 e. The zero-order valence-corrected chi connectivity index (χ0v) is 9.32. The van der Waals surface area contributed by atoms with Gasteiger partial charge in [-0.3, -0.25) is 4.55 Å². The van der Waals surface area contributed by atoms with Gasteiger partial charge in [0.25, 0.3) is 10.1 Å². The minimum absolute atomic E-state index is 0. The summed E-state index contributed by atoms with van der Waals surface area (Å²) in [6.45, 7) is 3.13. The zero-order chi connectivity index (χ0) is 10.2. The van der Waals surface area contributed by atoms with Crippen LogP contribution in [0.15, 0.2) is 17.0 Å². The molecule has 2 N–H and O–H groups in total. The number of phenols is 1. The molecule has 1 aromatic rings. The minimum Gasteiger partial charge on any atom is -0.507 e. The Morgan fingerprint density at radius 3 is 1.79 bits per heavy atom. The van der Waals surface area contributed by atoms with Gasteiger partial charge in [0.1, 0.15) is 5.75 Å². The highest BCUT2D eigenvalue weighted by Gasteiger charge is 2.12. The van der Waals surface area contributed by atoms with Gasteiger partial charge in [-0.15, -0.1) is 12.4 Å². The average molecular weight is 239 g/mol. The molecule has 0 aliphatic carbocycles. The maximum absolute atomic E-state index is 10.7. The van der Waals surface area contributed by atoms with Crippen molar-refractivity contribution < 1.29 is 18.1 Å². The van der Waals surface area contributed by atoms with Crippen molar-refractivity contribution in [3.63, 3.8) is 0 Å². The Kier molecular flexibility index (Phi) is 3.93. The summed E-state index contributed by atoms with van der Waals surface area (Å²) in [7, 11) is -4.18. The fraction of sp³-hybridized carbons (Fsp3) is 0.250. The SMILES string of the molecule is Cc1cc(S(=O)(=O)O)cc(C)c1O.Cl. The molecule has 0 aliphatic rings. The molecule has 0 spiro atoms. The third-order valence-corrected chi connectivity index (χ3v) is 2.59. The van der Waals surface area contributed by atoms with E-state index in [1.54, 1.807) is 13.8 Å². The van der Waals surface area contributed by atoms with E-state index in [2.05, 4.69) is 0 Å². The molecule has 6 heteroatoms. The van der Waals surface area contributed by atoms with E-state index < -0.39 is 10.1 Å². The summed E-state index contributed by atoms with van der Waals surface area (Å²) in [5.41, 5.74) is 0.847. The Morgan fingerprint density at radius 2 is 1.50 bits per heavy atom. The molecule has 0 saturated heterocycles. The van der Waals surface area contributed by atoms with Gasteiger partial charge in [0.2, 0.25) is 0 Å². The number of hydrogen-bond donors (Lipinski definition) is 2. The lowest BCUT2D eigenvalue weighted by Crippen LogP contribution is -1.99. The van der Waals surface area contributed by atoms with Crippen molar-refractivity contribution in [2.45, 2.75) is 18.7 Å². The standard InChI is InChI=1S/C8H10O4S.ClH/c1-5-3-7(13(10,11)12)4-6(2)8(5)9;/h3-4,9H,1-2H3,(H,10,11,12);1H. The van der Waals surface area contributed by atoms with Gasteiger partial charge >= 0.3 is 0 Å². The summed E-state index contributed by atoms with van der Waals surface area (Å²) in [6.07, 6.45) is 0. The number of aromatic hydroxyl groups is 1. The van der Waals surface area contributed by atoms with Crippen molar-refractivity contribution in [2.75, 3.05) is 0 Å². The highest BCUT2D eigenvalue weighted by atomic mass is 35.5. The summed E-state index contributed by atoms with van der Waals surface area (Å²) < 4.78 is 30.2. The average Bonchev–Trinajstić information content (AvgIpc) is 1.97. The number of rotatable bonds is 1. The third-order valence-electron chi connectivity index (χ3n) is 1.76. The quantitative estimate of drug-likeness (QED) is 0.730. The minimum atomic E-state index is -4.18. The van der Waals surface area contributed by atoms with E-state index in [1.165, 1.54) is 12.1 Å². The maximum atomic E-state index is 10.7. The van der Waals surface area contributed by atoms with Gasteiger partial charge in [0, 0.05) is 0 Å². The van der Waals surface area contributed by atoms with Crippen LogP contribution in [-0.2, 0) is 10.1 Å². The molecule has 1 rings (SSSR count). The molecule has 0 amide bonds. The topological polar surface area (TPSA) is 74.6 Å². The van der Waals surface area contributed by atoms with E-state index in [9.17, 15) is 13.5 Å². The van der Waals surface area contributed by atoms with Crippen LogP contribution in [0.3, 0.4) is 0 Å². The highest BCUT2D eigenvalue weighted by molar-refractivity contribution is 7.85. The number of aryl methyl sites for hydroxylation is 2. The van der Waals surface area contributed by atoms with Crippen LogP contribution in [0.1, 0.15) is 11.1 Å². The predicted octanol–water partition coefficient (Wildman–Crippen LogP) is 1.68. The third kappa shape index (κ3) is 2.60. The molecule has 0 unspecified atom stereocenters. The van der Waals surface area contributed by atoms with Crippen LogP contribution in [0.25, 0.3) is 0 Å². The Labute approximate surface area is 88.7 Å². The normalized spacial score (nSPS) is 10.8. The molecule has 0 saturated carbocycles. The predicted molar refractivity (Wildman–Crippen MR) is 54.6 cm³/mol. The molecule has 14 heavy (non-hydrogen) atoms. The van der Waals surface area contributed by atoms with Crippen molar-refractivity contribution in [1.82, 2.24) is 0 Å². The second kappa shape index (κ2) is 4.16. The van der Waals surface area contributed by atoms with Crippen LogP contribution in [0.5, 0.6) is 5.75 Å². The Morgan fingerprint density at radius 1 is 1.14 bits per heavy atom. The van der Waals surface area contributed by atoms with Gasteiger partial charge in [-0.05, 0) is 37.1 Å². The summed E-state index contributed by atoms with van der Waals surface area (Å²) in [5.74, 6) is 0.0485. The van der Waals surface area contributed by atoms with Crippen LogP contribution >= 0.6 is 12.4 Å². The van der Waals surface area contributed by atoms with Crippen LogP contribution < -0.4 is 0 Å². The van der Waals surface area contributed by atoms with Crippen molar-refractivity contribution >= 4 is 22.5 Å². The van der Waals surface area contributed by atoms with E-state index in [1.807, 2.05) is 0 Å². The number of hydrogen-bond acceptors (Lipinski definition) is 3. The molecule has 0 bridgehead atoms. The second-order valence-electron chi connectivity index (χ2n) is 2.88. The van der Waals surface area contributed by atoms with Gasteiger partial charge in [-0.25, -0.2) is 0 Å². The van der Waals surface area contributed by atoms with Crippen molar-refractivity contribution in [3.8, 4) is 5.75 Å². The Bertz CT molecular complexity index is 416. The first-order valence-corrected chi connectivity index (χ1v) is 5.04.